The lowest BCUT2D eigenvalue weighted by Crippen LogP contribution is -2.30. The Kier molecular flexibility index (Phi) is 8.01. The van der Waals surface area contributed by atoms with Crippen molar-refractivity contribution in [2.75, 3.05) is 17.2 Å². The summed E-state index contributed by atoms with van der Waals surface area (Å²) in [7, 11) is 0. The number of para-hydroxylation sites is 2. The minimum Gasteiger partial charge on any atom is -0.364 e. The second-order valence-corrected chi connectivity index (χ2v) is 8.38. The Hall–Kier alpha value is -2.41. The van der Waals surface area contributed by atoms with Crippen LogP contribution in [0.2, 0.25) is 0 Å². The molecular weight excluding hydrogens is 402 g/mol. The first-order valence-electron chi connectivity index (χ1n) is 9.95. The summed E-state index contributed by atoms with van der Waals surface area (Å²) < 4.78 is 5.65. The van der Waals surface area contributed by atoms with Crippen molar-refractivity contribution < 1.29 is 14.3 Å². The minimum atomic E-state index is -0.516. The van der Waals surface area contributed by atoms with Crippen LogP contribution in [0.25, 0.3) is 0 Å². The summed E-state index contributed by atoms with van der Waals surface area (Å²) in [6.45, 7) is 6.80. The van der Waals surface area contributed by atoms with Gasteiger partial charge in [0.25, 0.3) is 11.8 Å². The van der Waals surface area contributed by atoms with Gasteiger partial charge in [0.15, 0.2) is 0 Å². The summed E-state index contributed by atoms with van der Waals surface area (Å²) in [6, 6.07) is 14.7. The molecule has 4 N–H and O–H groups in total. The van der Waals surface area contributed by atoms with Crippen LogP contribution in [0.4, 0.5) is 11.4 Å². The third-order valence-electron chi connectivity index (χ3n) is 5.11. The SMILES string of the molecule is CC(C)(C)c1ccc(C(=O)Nc2ccccc2NC(=O)[C@@H]2CC[C@H](CN)O2)cc1.Cl. The van der Waals surface area contributed by atoms with Crippen molar-refractivity contribution in [3.05, 3.63) is 59.7 Å². The van der Waals surface area contributed by atoms with Crippen molar-refractivity contribution in [1.82, 2.24) is 0 Å². The molecule has 162 valence electrons. The van der Waals surface area contributed by atoms with Crippen molar-refractivity contribution in [3.63, 3.8) is 0 Å². The number of hydrogen-bond donors (Lipinski definition) is 3. The van der Waals surface area contributed by atoms with Crippen LogP contribution >= 0.6 is 12.4 Å². The highest BCUT2D eigenvalue weighted by molar-refractivity contribution is 6.07. The molecule has 1 heterocycles. The first-order valence-corrected chi connectivity index (χ1v) is 9.95. The minimum absolute atomic E-state index is 0. The topological polar surface area (TPSA) is 93.5 Å². The molecule has 1 aliphatic rings. The number of nitrogens with two attached hydrogens (primary N) is 1. The standard InChI is InChI=1S/C23H29N3O3.ClH/c1-23(2,3)16-10-8-15(9-11-16)21(27)25-18-6-4-5-7-19(18)26-22(28)20-13-12-17(14-24)29-20;/h4-11,17,20H,12-14,24H2,1-3H3,(H,25,27)(H,26,28);1H/t17-,20+;/m1./s1. The van der Waals surface area contributed by atoms with Gasteiger partial charge in [0.1, 0.15) is 6.10 Å². The van der Waals surface area contributed by atoms with E-state index in [1.54, 1.807) is 12.1 Å². The lowest BCUT2D eigenvalue weighted by atomic mass is 9.87. The summed E-state index contributed by atoms with van der Waals surface area (Å²) in [5.41, 5.74) is 8.44. The zero-order valence-electron chi connectivity index (χ0n) is 17.6. The average Bonchev–Trinajstić information content (AvgIpc) is 3.18. The van der Waals surface area contributed by atoms with Gasteiger partial charge in [-0.25, -0.2) is 0 Å². The number of nitrogens with one attached hydrogen (secondary N) is 2. The van der Waals surface area contributed by atoms with Crippen LogP contribution in [0.3, 0.4) is 0 Å². The second-order valence-electron chi connectivity index (χ2n) is 8.38. The normalized spacial score (nSPS) is 18.4. The van der Waals surface area contributed by atoms with E-state index in [1.807, 2.05) is 36.4 Å². The molecule has 2 aromatic rings. The average molecular weight is 432 g/mol. The van der Waals surface area contributed by atoms with Crippen LogP contribution in [0.1, 0.15) is 49.5 Å². The smallest absolute Gasteiger partial charge is 0.255 e. The summed E-state index contributed by atoms with van der Waals surface area (Å²) in [6.07, 6.45) is 0.828. The molecule has 1 saturated heterocycles. The predicted octanol–water partition coefficient (Wildman–Crippen LogP) is 4.10. The summed E-state index contributed by atoms with van der Waals surface area (Å²) in [5, 5.41) is 5.75. The number of benzene rings is 2. The summed E-state index contributed by atoms with van der Waals surface area (Å²) in [4.78, 5) is 25.2. The fraction of sp³-hybridized carbons (Fsp3) is 0.391. The van der Waals surface area contributed by atoms with Crippen LogP contribution in [0.5, 0.6) is 0 Å². The fourth-order valence-corrected chi connectivity index (χ4v) is 3.30. The van der Waals surface area contributed by atoms with Gasteiger partial charge in [0, 0.05) is 12.1 Å². The Morgan fingerprint density at radius 2 is 1.60 bits per heavy atom. The van der Waals surface area contributed by atoms with Gasteiger partial charge in [-0.05, 0) is 48.1 Å². The van der Waals surface area contributed by atoms with Gasteiger partial charge in [0.05, 0.1) is 17.5 Å². The zero-order valence-corrected chi connectivity index (χ0v) is 18.4. The monoisotopic (exact) mass is 431 g/mol. The van der Waals surface area contributed by atoms with E-state index in [0.717, 1.165) is 12.0 Å². The van der Waals surface area contributed by atoms with Gasteiger partial charge in [-0.1, -0.05) is 45.0 Å². The number of anilines is 2. The van der Waals surface area contributed by atoms with E-state index in [-0.39, 0.29) is 35.7 Å². The van der Waals surface area contributed by atoms with E-state index in [0.29, 0.717) is 29.9 Å². The molecule has 30 heavy (non-hydrogen) atoms. The van der Waals surface area contributed by atoms with E-state index in [4.69, 9.17) is 10.5 Å². The predicted molar refractivity (Wildman–Crippen MR) is 122 cm³/mol. The van der Waals surface area contributed by atoms with E-state index < -0.39 is 6.10 Å². The first kappa shape index (κ1) is 23.9. The molecule has 0 saturated carbocycles. The molecule has 0 aromatic heterocycles. The molecule has 2 aromatic carbocycles. The molecule has 0 aliphatic carbocycles. The molecule has 3 rings (SSSR count). The van der Waals surface area contributed by atoms with E-state index in [1.165, 1.54) is 0 Å². The van der Waals surface area contributed by atoms with Gasteiger partial charge in [0.2, 0.25) is 0 Å². The lowest BCUT2D eigenvalue weighted by molar-refractivity contribution is -0.126. The molecule has 2 atom stereocenters. The molecule has 7 heteroatoms. The third-order valence-corrected chi connectivity index (χ3v) is 5.11. The van der Waals surface area contributed by atoms with Crippen LogP contribution < -0.4 is 16.4 Å². The van der Waals surface area contributed by atoms with Crippen molar-refractivity contribution in [2.24, 2.45) is 5.73 Å². The van der Waals surface area contributed by atoms with Crippen LogP contribution in [-0.4, -0.2) is 30.6 Å². The number of rotatable bonds is 5. The van der Waals surface area contributed by atoms with Gasteiger partial charge in [-0.3, -0.25) is 9.59 Å². The van der Waals surface area contributed by atoms with Crippen LogP contribution in [-0.2, 0) is 14.9 Å². The number of halogens is 1. The molecule has 0 radical (unpaired) electrons. The highest BCUT2D eigenvalue weighted by atomic mass is 35.5. The lowest BCUT2D eigenvalue weighted by Gasteiger charge is -2.19. The van der Waals surface area contributed by atoms with Gasteiger partial charge < -0.3 is 21.1 Å². The van der Waals surface area contributed by atoms with E-state index in [9.17, 15) is 9.59 Å². The molecule has 0 spiro atoms. The van der Waals surface area contributed by atoms with E-state index in [2.05, 4.69) is 31.4 Å². The van der Waals surface area contributed by atoms with Gasteiger partial charge in [-0.15, -0.1) is 12.4 Å². The Morgan fingerprint density at radius 1 is 1.00 bits per heavy atom. The molecule has 1 fully saturated rings. The molecule has 0 bridgehead atoms. The maximum atomic E-state index is 12.7. The summed E-state index contributed by atoms with van der Waals surface area (Å²) in [5.74, 6) is -0.454. The number of amides is 2. The van der Waals surface area contributed by atoms with Crippen molar-refractivity contribution in [1.29, 1.82) is 0 Å². The third kappa shape index (κ3) is 5.81. The molecule has 1 aliphatic heterocycles. The van der Waals surface area contributed by atoms with Crippen molar-refractivity contribution >= 4 is 35.6 Å². The number of carbonyl (C=O) groups is 2. The largest absolute Gasteiger partial charge is 0.364 e. The Labute approximate surface area is 184 Å². The fourth-order valence-electron chi connectivity index (χ4n) is 3.30. The number of ether oxygens (including phenoxy) is 1. The van der Waals surface area contributed by atoms with Crippen LogP contribution in [0, 0.1) is 0 Å². The quantitative estimate of drug-likeness (QED) is 0.664. The Morgan fingerprint density at radius 3 is 2.13 bits per heavy atom. The maximum absolute atomic E-state index is 12.7. The van der Waals surface area contributed by atoms with Crippen molar-refractivity contribution in [3.8, 4) is 0 Å². The van der Waals surface area contributed by atoms with Gasteiger partial charge >= 0.3 is 0 Å². The highest BCUT2D eigenvalue weighted by Crippen LogP contribution is 2.26. The number of hydrogen-bond acceptors (Lipinski definition) is 4. The molecule has 6 nitrogen and oxygen atoms in total. The first-order chi connectivity index (χ1) is 13.8. The van der Waals surface area contributed by atoms with E-state index >= 15 is 0 Å². The second kappa shape index (κ2) is 10.1. The van der Waals surface area contributed by atoms with Crippen molar-refractivity contribution in [2.45, 2.75) is 51.2 Å². The Balaban J connectivity index is 0.00000320. The zero-order chi connectivity index (χ0) is 21.0. The maximum Gasteiger partial charge on any atom is 0.255 e. The molecule has 2 amide bonds. The summed E-state index contributed by atoms with van der Waals surface area (Å²) >= 11 is 0. The Bertz CT molecular complexity index is 878. The molecular formula is C23H30ClN3O3. The van der Waals surface area contributed by atoms with Gasteiger partial charge in [-0.2, -0.15) is 0 Å². The number of carbonyl (C=O) groups excluding carboxylic acids is 2. The molecule has 0 unspecified atom stereocenters. The highest BCUT2D eigenvalue weighted by Gasteiger charge is 2.30. The van der Waals surface area contributed by atoms with Crippen LogP contribution in [0.15, 0.2) is 48.5 Å².